The van der Waals surface area contributed by atoms with Gasteiger partial charge < -0.3 is 10.6 Å². The van der Waals surface area contributed by atoms with Crippen LogP contribution in [-0.4, -0.2) is 41.2 Å². The van der Waals surface area contributed by atoms with Gasteiger partial charge in [-0.05, 0) is 22.9 Å². The van der Waals surface area contributed by atoms with E-state index in [0.29, 0.717) is 12.2 Å². The largest absolute Gasteiger partial charge is 0.346 e. The Balaban J connectivity index is 1.70. The molecule has 0 spiro atoms. The molecule has 0 bridgehead atoms. The van der Waals surface area contributed by atoms with Gasteiger partial charge in [0.15, 0.2) is 0 Å². The third-order valence-electron chi connectivity index (χ3n) is 3.97. The highest BCUT2D eigenvalue weighted by Gasteiger charge is 2.22. The maximum Gasteiger partial charge on any atom is 0.271 e. The van der Waals surface area contributed by atoms with Gasteiger partial charge in [-0.1, -0.05) is 0 Å². The number of nitrogens with one attached hydrogen (secondary N) is 2. The zero-order valence-electron chi connectivity index (χ0n) is 15.0. The van der Waals surface area contributed by atoms with E-state index in [9.17, 15) is 9.59 Å². The molecule has 2 amide bonds. The fourth-order valence-corrected chi connectivity index (χ4v) is 2.81. The van der Waals surface area contributed by atoms with Crippen LogP contribution in [0.5, 0.6) is 0 Å². The Hall–Kier alpha value is -2.95. The summed E-state index contributed by atoms with van der Waals surface area (Å²) in [4.78, 5) is 25.1. The van der Waals surface area contributed by atoms with E-state index in [2.05, 4.69) is 41.9 Å². The van der Waals surface area contributed by atoms with Gasteiger partial charge in [-0.25, -0.2) is 0 Å². The lowest BCUT2D eigenvalue weighted by atomic mass is 10.2. The Bertz CT molecular complexity index is 973. The van der Waals surface area contributed by atoms with Crippen LogP contribution in [0.2, 0.25) is 0 Å². The fourth-order valence-electron chi connectivity index (χ4n) is 2.51. The van der Waals surface area contributed by atoms with Crippen LogP contribution in [0.3, 0.4) is 0 Å². The highest BCUT2D eigenvalue weighted by molar-refractivity contribution is 9.10. The molecular formula is C16H19BrN8O2. The molecule has 11 heteroatoms. The van der Waals surface area contributed by atoms with Crippen molar-refractivity contribution >= 4 is 33.4 Å². The summed E-state index contributed by atoms with van der Waals surface area (Å²) < 4.78 is 5.38. The molecule has 0 saturated heterocycles. The lowest BCUT2D eigenvalue weighted by Gasteiger charge is -2.13. The molecule has 0 aliphatic heterocycles. The predicted molar refractivity (Wildman–Crippen MR) is 101 cm³/mol. The van der Waals surface area contributed by atoms with Crippen LogP contribution in [-0.2, 0) is 25.4 Å². The van der Waals surface area contributed by atoms with Crippen LogP contribution in [0, 0.1) is 0 Å². The number of anilines is 1. The number of nitrogens with zero attached hydrogens (tertiary/aromatic N) is 6. The van der Waals surface area contributed by atoms with Crippen LogP contribution in [0.25, 0.3) is 0 Å². The molecule has 3 aromatic heterocycles. The van der Waals surface area contributed by atoms with E-state index in [1.54, 1.807) is 44.3 Å². The van der Waals surface area contributed by atoms with Crippen molar-refractivity contribution in [1.29, 1.82) is 0 Å². The Morgan fingerprint density at radius 1 is 1.15 bits per heavy atom. The van der Waals surface area contributed by atoms with Gasteiger partial charge in [-0.15, -0.1) is 0 Å². The summed E-state index contributed by atoms with van der Waals surface area (Å²) in [6.07, 6.45) is 8.25. The van der Waals surface area contributed by atoms with Crippen LogP contribution >= 0.6 is 15.9 Å². The normalized spacial score (nSPS) is 12.0. The molecule has 1 unspecified atom stereocenters. The number of hydrogen-bond donors (Lipinski definition) is 2. The molecule has 0 saturated carbocycles. The predicted octanol–water partition coefficient (Wildman–Crippen LogP) is 1.24. The summed E-state index contributed by atoms with van der Waals surface area (Å²) in [6, 6.07) is -0.553. The number of halogens is 1. The van der Waals surface area contributed by atoms with E-state index in [0.717, 1.165) is 10.0 Å². The lowest BCUT2D eigenvalue weighted by Crippen LogP contribution is -2.28. The monoisotopic (exact) mass is 434 g/mol. The molecular weight excluding hydrogens is 416 g/mol. The number of aromatic nitrogens is 6. The number of carbonyl (C=O) groups is 2. The molecule has 0 fully saturated rings. The minimum Gasteiger partial charge on any atom is -0.346 e. The SMILES string of the molecule is CC(C(=O)Nc1cnn(C)c1C(=O)NCc1cnn(C)c1)n1cc(Br)cn1. The molecule has 3 heterocycles. The molecule has 1 atom stereocenters. The standard InChI is InChI=1S/C16H19BrN8O2/c1-10(25-9-12(17)6-21-25)15(26)22-13-7-20-24(3)14(13)16(27)18-4-11-5-19-23(2)8-11/h5-10H,4H2,1-3H3,(H,18,27)(H,22,26). The van der Waals surface area contributed by atoms with Gasteiger partial charge in [0.1, 0.15) is 11.7 Å². The van der Waals surface area contributed by atoms with Crippen molar-refractivity contribution in [2.75, 3.05) is 5.32 Å². The summed E-state index contributed by atoms with van der Waals surface area (Å²) >= 11 is 3.30. The van der Waals surface area contributed by atoms with Crippen LogP contribution in [0.4, 0.5) is 5.69 Å². The molecule has 0 aromatic carbocycles. The van der Waals surface area contributed by atoms with Gasteiger partial charge in [-0.3, -0.25) is 23.6 Å². The van der Waals surface area contributed by atoms with Crippen molar-refractivity contribution in [3.05, 3.63) is 46.7 Å². The molecule has 142 valence electrons. The lowest BCUT2D eigenvalue weighted by molar-refractivity contribution is -0.119. The second-order valence-corrected chi connectivity index (χ2v) is 6.95. The number of rotatable bonds is 6. The molecule has 0 aliphatic carbocycles. The van der Waals surface area contributed by atoms with Gasteiger partial charge in [-0.2, -0.15) is 15.3 Å². The minimum absolute atomic E-state index is 0.265. The van der Waals surface area contributed by atoms with Crippen molar-refractivity contribution in [3.8, 4) is 0 Å². The maximum atomic E-state index is 12.6. The van der Waals surface area contributed by atoms with Gasteiger partial charge >= 0.3 is 0 Å². The van der Waals surface area contributed by atoms with Crippen molar-refractivity contribution in [3.63, 3.8) is 0 Å². The number of amides is 2. The van der Waals surface area contributed by atoms with Crippen molar-refractivity contribution in [1.82, 2.24) is 34.7 Å². The number of aryl methyl sites for hydroxylation is 2. The van der Waals surface area contributed by atoms with E-state index in [1.165, 1.54) is 15.6 Å². The number of carbonyl (C=O) groups excluding carboxylic acids is 2. The van der Waals surface area contributed by atoms with Gasteiger partial charge in [0.05, 0.1) is 28.8 Å². The molecule has 10 nitrogen and oxygen atoms in total. The minimum atomic E-state index is -0.553. The average Bonchev–Trinajstić information content (AvgIpc) is 3.33. The summed E-state index contributed by atoms with van der Waals surface area (Å²) in [5, 5.41) is 17.8. The molecule has 3 rings (SSSR count). The van der Waals surface area contributed by atoms with E-state index in [1.807, 2.05) is 6.20 Å². The first-order chi connectivity index (χ1) is 12.8. The first kappa shape index (κ1) is 18.8. The topological polar surface area (TPSA) is 112 Å². The third kappa shape index (κ3) is 4.25. The van der Waals surface area contributed by atoms with Crippen LogP contribution in [0.15, 0.2) is 35.5 Å². The van der Waals surface area contributed by atoms with Crippen molar-refractivity contribution in [2.24, 2.45) is 14.1 Å². The first-order valence-electron chi connectivity index (χ1n) is 8.13. The second kappa shape index (κ2) is 7.74. The zero-order chi connectivity index (χ0) is 19.6. The summed E-state index contributed by atoms with van der Waals surface area (Å²) in [6.45, 7) is 2.04. The first-order valence-corrected chi connectivity index (χ1v) is 8.92. The molecule has 2 N–H and O–H groups in total. The Morgan fingerprint density at radius 2 is 1.93 bits per heavy atom. The molecule has 0 aliphatic rings. The Kier molecular flexibility index (Phi) is 5.40. The van der Waals surface area contributed by atoms with E-state index < -0.39 is 6.04 Å². The maximum absolute atomic E-state index is 12.6. The Labute approximate surface area is 163 Å². The smallest absolute Gasteiger partial charge is 0.271 e. The molecule has 27 heavy (non-hydrogen) atoms. The molecule has 0 radical (unpaired) electrons. The number of hydrogen-bond acceptors (Lipinski definition) is 5. The van der Waals surface area contributed by atoms with E-state index >= 15 is 0 Å². The summed E-state index contributed by atoms with van der Waals surface area (Å²) in [7, 11) is 3.45. The van der Waals surface area contributed by atoms with E-state index in [-0.39, 0.29) is 17.5 Å². The Morgan fingerprint density at radius 3 is 2.56 bits per heavy atom. The zero-order valence-corrected chi connectivity index (χ0v) is 16.6. The van der Waals surface area contributed by atoms with Crippen molar-refractivity contribution < 1.29 is 9.59 Å². The van der Waals surface area contributed by atoms with Gasteiger partial charge in [0, 0.05) is 38.6 Å². The van der Waals surface area contributed by atoms with Gasteiger partial charge in [0.2, 0.25) is 5.91 Å². The highest BCUT2D eigenvalue weighted by Crippen LogP contribution is 2.18. The quantitative estimate of drug-likeness (QED) is 0.605. The fraction of sp³-hybridized carbons (Fsp3) is 0.312. The summed E-state index contributed by atoms with van der Waals surface area (Å²) in [5.41, 5.74) is 1.47. The third-order valence-corrected chi connectivity index (χ3v) is 4.38. The van der Waals surface area contributed by atoms with Crippen LogP contribution < -0.4 is 10.6 Å². The van der Waals surface area contributed by atoms with Gasteiger partial charge in [0.25, 0.3) is 5.91 Å². The van der Waals surface area contributed by atoms with E-state index in [4.69, 9.17) is 0 Å². The molecule has 3 aromatic rings. The van der Waals surface area contributed by atoms with Crippen molar-refractivity contribution in [2.45, 2.75) is 19.5 Å². The average molecular weight is 435 g/mol. The summed E-state index contributed by atoms with van der Waals surface area (Å²) in [5.74, 6) is -0.649. The highest BCUT2D eigenvalue weighted by atomic mass is 79.9. The van der Waals surface area contributed by atoms with Crippen LogP contribution in [0.1, 0.15) is 29.0 Å². The second-order valence-electron chi connectivity index (χ2n) is 6.04.